The van der Waals surface area contributed by atoms with Crippen LogP contribution in [0.15, 0.2) is 60.8 Å². The number of para-hydroxylation sites is 1. The van der Waals surface area contributed by atoms with E-state index in [4.69, 9.17) is 5.26 Å². The minimum absolute atomic E-state index is 0.153. The van der Waals surface area contributed by atoms with Crippen molar-refractivity contribution in [3.05, 3.63) is 71.9 Å². The topological polar surface area (TPSA) is 48.7 Å². The van der Waals surface area contributed by atoms with E-state index in [0.717, 1.165) is 22.2 Å². The molecule has 1 aromatic heterocycles. The Bertz CT molecular complexity index is 801. The van der Waals surface area contributed by atoms with Gasteiger partial charge in [-0.1, -0.05) is 30.3 Å². The summed E-state index contributed by atoms with van der Waals surface area (Å²) >= 11 is 0. The van der Waals surface area contributed by atoms with E-state index in [1.165, 1.54) is 0 Å². The predicted molar refractivity (Wildman–Crippen MR) is 84.9 cm³/mol. The van der Waals surface area contributed by atoms with Crippen LogP contribution >= 0.6 is 0 Å². The number of nitrogens with zero attached hydrogens (tertiary/aromatic N) is 2. The van der Waals surface area contributed by atoms with Crippen LogP contribution in [0, 0.1) is 11.3 Å². The highest BCUT2D eigenvalue weighted by molar-refractivity contribution is 5.81. The number of fused-ring (bicyclic) bond motifs is 1. The van der Waals surface area contributed by atoms with Gasteiger partial charge in [-0.05, 0) is 36.8 Å². The number of rotatable bonds is 3. The highest BCUT2D eigenvalue weighted by Gasteiger charge is 2.06. The van der Waals surface area contributed by atoms with Gasteiger partial charge in [0, 0.05) is 11.4 Å². The molecule has 0 aliphatic carbocycles. The second-order valence-corrected chi connectivity index (χ2v) is 5.02. The average molecular weight is 273 g/mol. The van der Waals surface area contributed by atoms with Gasteiger partial charge in [-0.15, -0.1) is 0 Å². The molecule has 1 unspecified atom stereocenters. The van der Waals surface area contributed by atoms with Gasteiger partial charge in [-0.25, -0.2) is 0 Å². The lowest BCUT2D eigenvalue weighted by molar-refractivity contribution is 0.883. The SMILES string of the molecule is CC(Nc1cnc2ccccc2c1)c1ccc(C#N)cc1. The van der Waals surface area contributed by atoms with Crippen LogP contribution in [-0.2, 0) is 0 Å². The maximum Gasteiger partial charge on any atom is 0.0991 e. The van der Waals surface area contributed by atoms with Crippen molar-refractivity contribution in [3.63, 3.8) is 0 Å². The second-order valence-electron chi connectivity index (χ2n) is 5.02. The monoisotopic (exact) mass is 273 g/mol. The van der Waals surface area contributed by atoms with E-state index in [0.29, 0.717) is 5.56 Å². The maximum absolute atomic E-state index is 8.83. The first-order valence-corrected chi connectivity index (χ1v) is 6.87. The van der Waals surface area contributed by atoms with Crippen LogP contribution in [0.1, 0.15) is 24.1 Å². The Hall–Kier alpha value is -2.86. The lowest BCUT2D eigenvalue weighted by atomic mass is 10.1. The zero-order valence-electron chi connectivity index (χ0n) is 11.7. The third-order valence-electron chi connectivity index (χ3n) is 3.51. The van der Waals surface area contributed by atoms with Crippen LogP contribution in [0.4, 0.5) is 5.69 Å². The van der Waals surface area contributed by atoms with Crippen molar-refractivity contribution in [3.8, 4) is 6.07 Å². The number of nitriles is 1. The fourth-order valence-electron chi connectivity index (χ4n) is 2.33. The molecule has 0 bridgehead atoms. The van der Waals surface area contributed by atoms with E-state index in [1.807, 2.05) is 48.7 Å². The van der Waals surface area contributed by atoms with E-state index in [2.05, 4.69) is 35.4 Å². The van der Waals surface area contributed by atoms with Gasteiger partial charge in [0.15, 0.2) is 0 Å². The minimum atomic E-state index is 0.153. The van der Waals surface area contributed by atoms with Gasteiger partial charge in [-0.2, -0.15) is 5.26 Å². The molecule has 2 aromatic carbocycles. The van der Waals surface area contributed by atoms with Gasteiger partial charge >= 0.3 is 0 Å². The Morgan fingerprint density at radius 2 is 1.86 bits per heavy atom. The number of hydrogen-bond acceptors (Lipinski definition) is 3. The minimum Gasteiger partial charge on any atom is -0.377 e. The number of benzene rings is 2. The molecule has 0 amide bonds. The molecule has 0 aliphatic heterocycles. The summed E-state index contributed by atoms with van der Waals surface area (Å²) in [6.45, 7) is 2.09. The molecule has 21 heavy (non-hydrogen) atoms. The third-order valence-corrected chi connectivity index (χ3v) is 3.51. The molecule has 1 atom stereocenters. The summed E-state index contributed by atoms with van der Waals surface area (Å²) in [6.07, 6.45) is 1.85. The average Bonchev–Trinajstić information content (AvgIpc) is 2.55. The first kappa shape index (κ1) is 13.1. The van der Waals surface area contributed by atoms with Gasteiger partial charge in [0.05, 0.1) is 29.0 Å². The number of nitrogens with one attached hydrogen (secondary N) is 1. The Morgan fingerprint density at radius 3 is 2.62 bits per heavy atom. The summed E-state index contributed by atoms with van der Waals surface area (Å²) in [5.41, 5.74) is 3.81. The first-order valence-electron chi connectivity index (χ1n) is 6.87. The van der Waals surface area contributed by atoms with E-state index in [-0.39, 0.29) is 6.04 Å². The smallest absolute Gasteiger partial charge is 0.0991 e. The molecule has 1 N–H and O–H groups in total. The van der Waals surface area contributed by atoms with Crippen molar-refractivity contribution >= 4 is 16.6 Å². The zero-order valence-corrected chi connectivity index (χ0v) is 11.7. The molecule has 0 aliphatic rings. The van der Waals surface area contributed by atoms with Crippen molar-refractivity contribution < 1.29 is 0 Å². The van der Waals surface area contributed by atoms with Crippen molar-refractivity contribution in [2.75, 3.05) is 5.32 Å². The van der Waals surface area contributed by atoms with Crippen LogP contribution in [-0.4, -0.2) is 4.98 Å². The molecule has 3 rings (SSSR count). The molecule has 0 saturated heterocycles. The van der Waals surface area contributed by atoms with Crippen LogP contribution < -0.4 is 5.32 Å². The molecular formula is C18H15N3. The Morgan fingerprint density at radius 1 is 1.10 bits per heavy atom. The quantitative estimate of drug-likeness (QED) is 0.774. The lowest BCUT2D eigenvalue weighted by Crippen LogP contribution is -2.06. The molecule has 1 heterocycles. The van der Waals surface area contributed by atoms with E-state index in [1.54, 1.807) is 0 Å². The van der Waals surface area contributed by atoms with Crippen molar-refractivity contribution in [1.29, 1.82) is 5.26 Å². The normalized spacial score (nSPS) is 11.8. The van der Waals surface area contributed by atoms with Crippen molar-refractivity contribution in [2.24, 2.45) is 0 Å². The molecule has 3 aromatic rings. The molecule has 0 radical (unpaired) electrons. The summed E-state index contributed by atoms with van der Waals surface area (Å²) in [7, 11) is 0. The third kappa shape index (κ3) is 2.85. The molecule has 102 valence electrons. The van der Waals surface area contributed by atoms with Crippen molar-refractivity contribution in [2.45, 2.75) is 13.0 Å². The van der Waals surface area contributed by atoms with Crippen LogP contribution in [0.2, 0.25) is 0 Å². The second kappa shape index (κ2) is 5.64. The Kier molecular flexibility index (Phi) is 3.53. The van der Waals surface area contributed by atoms with Crippen LogP contribution in [0.5, 0.6) is 0 Å². The highest BCUT2D eigenvalue weighted by Crippen LogP contribution is 2.22. The first-order chi connectivity index (χ1) is 10.3. The molecule has 0 spiro atoms. The van der Waals surface area contributed by atoms with E-state index in [9.17, 15) is 0 Å². The van der Waals surface area contributed by atoms with E-state index < -0.39 is 0 Å². The van der Waals surface area contributed by atoms with Gasteiger partial charge in [0.2, 0.25) is 0 Å². The fourth-order valence-corrected chi connectivity index (χ4v) is 2.33. The van der Waals surface area contributed by atoms with E-state index >= 15 is 0 Å². The van der Waals surface area contributed by atoms with Crippen LogP contribution in [0.25, 0.3) is 10.9 Å². The standard InChI is InChI=1S/C18H15N3/c1-13(15-8-6-14(11-19)7-9-15)21-17-10-16-4-2-3-5-18(16)20-12-17/h2-10,12-13,21H,1H3. The van der Waals surface area contributed by atoms with Gasteiger partial charge in [-0.3, -0.25) is 4.98 Å². The Balaban J connectivity index is 1.81. The molecule has 0 saturated carbocycles. The number of pyridine rings is 1. The number of anilines is 1. The van der Waals surface area contributed by atoms with Gasteiger partial charge in [0.1, 0.15) is 0 Å². The largest absolute Gasteiger partial charge is 0.377 e. The summed E-state index contributed by atoms with van der Waals surface area (Å²) in [5.74, 6) is 0. The molecule has 3 nitrogen and oxygen atoms in total. The molecule has 3 heteroatoms. The van der Waals surface area contributed by atoms with Crippen molar-refractivity contribution in [1.82, 2.24) is 4.98 Å². The summed E-state index contributed by atoms with van der Waals surface area (Å²) in [4.78, 5) is 4.45. The molecular weight excluding hydrogens is 258 g/mol. The number of aromatic nitrogens is 1. The fraction of sp³-hybridized carbons (Fsp3) is 0.111. The summed E-state index contributed by atoms with van der Waals surface area (Å²) in [6, 6.07) is 20.1. The highest BCUT2D eigenvalue weighted by atomic mass is 14.9. The molecule has 0 fully saturated rings. The predicted octanol–water partition coefficient (Wildman–Crippen LogP) is 4.28. The summed E-state index contributed by atoms with van der Waals surface area (Å²) < 4.78 is 0. The summed E-state index contributed by atoms with van der Waals surface area (Å²) in [5, 5.41) is 13.4. The number of hydrogen-bond donors (Lipinski definition) is 1. The van der Waals surface area contributed by atoms with Crippen LogP contribution in [0.3, 0.4) is 0 Å². The lowest BCUT2D eigenvalue weighted by Gasteiger charge is -2.16. The zero-order chi connectivity index (χ0) is 14.7. The Labute approximate surface area is 123 Å². The van der Waals surface area contributed by atoms with Gasteiger partial charge in [0.25, 0.3) is 0 Å². The maximum atomic E-state index is 8.83. The van der Waals surface area contributed by atoms with Gasteiger partial charge < -0.3 is 5.32 Å².